The lowest BCUT2D eigenvalue weighted by molar-refractivity contribution is -0.124. The van der Waals surface area contributed by atoms with E-state index in [9.17, 15) is 9.59 Å². The van der Waals surface area contributed by atoms with E-state index in [1.807, 2.05) is 51.1 Å². The van der Waals surface area contributed by atoms with Gasteiger partial charge in [0.05, 0.1) is 22.5 Å². The van der Waals surface area contributed by atoms with E-state index in [1.165, 1.54) is 36.8 Å². The molecule has 0 aliphatic heterocycles. The molecule has 3 aromatic rings. The van der Waals surface area contributed by atoms with Crippen molar-refractivity contribution in [1.82, 2.24) is 29.8 Å². The molecule has 1 atom stereocenters. The first-order chi connectivity index (χ1) is 16.4. The van der Waals surface area contributed by atoms with Crippen molar-refractivity contribution in [3.8, 4) is 5.69 Å². The molecule has 0 radical (unpaired) electrons. The fourth-order valence-corrected chi connectivity index (χ4v) is 5.06. The van der Waals surface area contributed by atoms with Crippen LogP contribution in [-0.4, -0.2) is 56.5 Å². The standard InChI is InChI=1S/C26H36N6O2/c1-5-22(25(33)27-16-17-30(4)20-12-8-6-9-13-20)32-26(34)23-19(3)31(21-14-10-7-11-15-21)29-24(23)18(2)28-32/h7,10-11,14-15,20,22H,5-6,8-9,12-13,16-17H2,1-4H3,(H,27,33). The maximum absolute atomic E-state index is 13.5. The zero-order chi connectivity index (χ0) is 24.2. The molecule has 1 unspecified atom stereocenters. The number of amides is 1. The number of carbonyl (C=O) groups excluding carboxylic acids is 1. The largest absolute Gasteiger partial charge is 0.353 e. The third-order valence-electron chi connectivity index (χ3n) is 7.09. The van der Waals surface area contributed by atoms with Gasteiger partial charge in [0.1, 0.15) is 11.6 Å². The summed E-state index contributed by atoms with van der Waals surface area (Å²) in [5.41, 5.74) is 2.56. The Balaban J connectivity index is 1.55. The van der Waals surface area contributed by atoms with E-state index in [0.717, 1.165) is 17.9 Å². The van der Waals surface area contributed by atoms with Gasteiger partial charge in [0.25, 0.3) is 5.56 Å². The summed E-state index contributed by atoms with van der Waals surface area (Å²) in [6.07, 6.45) is 6.85. The van der Waals surface area contributed by atoms with E-state index in [0.29, 0.717) is 35.6 Å². The van der Waals surface area contributed by atoms with Gasteiger partial charge in [-0.3, -0.25) is 9.59 Å². The number of nitrogens with one attached hydrogen (secondary N) is 1. The lowest BCUT2D eigenvalue weighted by Crippen LogP contribution is -2.43. The summed E-state index contributed by atoms with van der Waals surface area (Å²) in [7, 11) is 2.13. The Morgan fingerprint density at radius 2 is 1.85 bits per heavy atom. The summed E-state index contributed by atoms with van der Waals surface area (Å²) >= 11 is 0. The quantitative estimate of drug-likeness (QED) is 0.551. The Bertz CT molecular complexity index is 1190. The number of nitrogens with zero attached hydrogens (tertiary/aromatic N) is 5. The highest BCUT2D eigenvalue weighted by Gasteiger charge is 2.25. The molecule has 1 N–H and O–H groups in total. The first-order valence-electron chi connectivity index (χ1n) is 12.4. The van der Waals surface area contributed by atoms with Gasteiger partial charge in [-0.15, -0.1) is 0 Å². The predicted octanol–water partition coefficient (Wildman–Crippen LogP) is 3.53. The van der Waals surface area contributed by atoms with E-state index in [4.69, 9.17) is 0 Å². The van der Waals surface area contributed by atoms with Crippen LogP contribution in [0, 0.1) is 13.8 Å². The highest BCUT2D eigenvalue weighted by molar-refractivity contribution is 5.84. The average Bonchev–Trinajstić information content (AvgIpc) is 3.21. The number of aryl methyl sites for hydroxylation is 2. The molecule has 1 amide bonds. The Hall–Kier alpha value is -3.00. The topological polar surface area (TPSA) is 85.1 Å². The van der Waals surface area contributed by atoms with Gasteiger partial charge in [-0.25, -0.2) is 9.36 Å². The van der Waals surface area contributed by atoms with Crippen molar-refractivity contribution in [2.45, 2.75) is 71.4 Å². The van der Waals surface area contributed by atoms with Crippen molar-refractivity contribution in [3.63, 3.8) is 0 Å². The van der Waals surface area contributed by atoms with E-state index in [2.05, 4.69) is 27.5 Å². The molecule has 182 valence electrons. The number of likely N-dealkylation sites (N-methyl/N-ethyl adjacent to an activating group) is 1. The third kappa shape index (κ3) is 4.78. The van der Waals surface area contributed by atoms with Crippen LogP contribution < -0.4 is 10.9 Å². The summed E-state index contributed by atoms with van der Waals surface area (Å²) in [5.74, 6) is -0.166. The molecule has 8 heteroatoms. The highest BCUT2D eigenvalue weighted by atomic mass is 16.2. The normalized spacial score (nSPS) is 15.7. The highest BCUT2D eigenvalue weighted by Crippen LogP contribution is 2.22. The molecule has 34 heavy (non-hydrogen) atoms. The molecular weight excluding hydrogens is 428 g/mol. The molecular formula is C26H36N6O2. The molecule has 1 aromatic carbocycles. The van der Waals surface area contributed by atoms with Crippen molar-refractivity contribution >= 4 is 16.8 Å². The Morgan fingerprint density at radius 1 is 1.15 bits per heavy atom. The number of carbonyl (C=O) groups is 1. The van der Waals surface area contributed by atoms with E-state index >= 15 is 0 Å². The van der Waals surface area contributed by atoms with E-state index < -0.39 is 6.04 Å². The average molecular weight is 465 g/mol. The second kappa shape index (κ2) is 10.5. The molecule has 8 nitrogen and oxygen atoms in total. The maximum atomic E-state index is 13.5. The van der Waals surface area contributed by atoms with Crippen molar-refractivity contribution in [2.75, 3.05) is 20.1 Å². The number of fused-ring (bicyclic) bond motifs is 1. The molecule has 0 saturated heterocycles. The Morgan fingerprint density at radius 3 is 2.53 bits per heavy atom. The number of benzene rings is 1. The molecule has 4 rings (SSSR count). The van der Waals surface area contributed by atoms with Crippen LogP contribution in [0.4, 0.5) is 0 Å². The summed E-state index contributed by atoms with van der Waals surface area (Å²) in [6.45, 7) is 6.99. The smallest absolute Gasteiger partial charge is 0.278 e. The van der Waals surface area contributed by atoms with Gasteiger partial charge >= 0.3 is 0 Å². The zero-order valence-corrected chi connectivity index (χ0v) is 20.8. The first kappa shape index (κ1) is 24.1. The van der Waals surface area contributed by atoms with Crippen molar-refractivity contribution < 1.29 is 4.79 Å². The fraction of sp³-hybridized carbons (Fsp3) is 0.538. The molecule has 1 aliphatic rings. The maximum Gasteiger partial charge on any atom is 0.278 e. The summed E-state index contributed by atoms with van der Waals surface area (Å²) in [6, 6.07) is 9.67. The van der Waals surface area contributed by atoms with Gasteiger partial charge in [0, 0.05) is 19.1 Å². The minimum Gasteiger partial charge on any atom is -0.353 e. The van der Waals surface area contributed by atoms with Crippen LogP contribution in [0.5, 0.6) is 0 Å². The monoisotopic (exact) mass is 464 g/mol. The molecule has 0 bridgehead atoms. The number of hydrogen-bond acceptors (Lipinski definition) is 5. The number of rotatable bonds is 8. The van der Waals surface area contributed by atoms with E-state index in [1.54, 1.807) is 4.68 Å². The second-order valence-corrected chi connectivity index (χ2v) is 9.38. The third-order valence-corrected chi connectivity index (χ3v) is 7.09. The van der Waals surface area contributed by atoms with E-state index in [-0.39, 0.29) is 11.5 Å². The van der Waals surface area contributed by atoms with Crippen LogP contribution in [0.1, 0.15) is 62.9 Å². The summed E-state index contributed by atoms with van der Waals surface area (Å²) in [4.78, 5) is 28.9. The lowest BCUT2D eigenvalue weighted by Gasteiger charge is -2.31. The van der Waals surface area contributed by atoms with Gasteiger partial charge in [0.15, 0.2) is 0 Å². The Kier molecular flexibility index (Phi) is 7.46. The fourth-order valence-electron chi connectivity index (χ4n) is 5.06. The van der Waals surface area contributed by atoms with Crippen LogP contribution in [0.25, 0.3) is 16.6 Å². The molecule has 0 spiro atoms. The first-order valence-corrected chi connectivity index (χ1v) is 12.4. The van der Waals surface area contributed by atoms with Gasteiger partial charge in [-0.1, -0.05) is 44.4 Å². The SMILES string of the molecule is CCC(C(=O)NCCN(C)C1CCCCC1)n1nc(C)c2nn(-c3ccccc3)c(C)c2c1=O. The van der Waals surface area contributed by atoms with Crippen LogP contribution >= 0.6 is 0 Å². The Labute approximate surface area is 200 Å². The summed E-state index contributed by atoms with van der Waals surface area (Å²) in [5, 5.41) is 12.7. The molecule has 1 fully saturated rings. The van der Waals surface area contributed by atoms with Crippen molar-refractivity contribution in [3.05, 3.63) is 52.1 Å². The minimum atomic E-state index is -0.657. The number of para-hydroxylation sites is 1. The van der Waals surface area contributed by atoms with Crippen LogP contribution in [0.2, 0.25) is 0 Å². The van der Waals surface area contributed by atoms with Gasteiger partial charge in [0.2, 0.25) is 5.91 Å². The predicted molar refractivity (Wildman–Crippen MR) is 134 cm³/mol. The van der Waals surface area contributed by atoms with Crippen LogP contribution in [0.15, 0.2) is 35.1 Å². The minimum absolute atomic E-state index is 0.166. The van der Waals surface area contributed by atoms with Gasteiger partial charge < -0.3 is 10.2 Å². The van der Waals surface area contributed by atoms with Crippen LogP contribution in [0.3, 0.4) is 0 Å². The number of hydrogen-bond donors (Lipinski definition) is 1. The molecule has 1 aliphatic carbocycles. The zero-order valence-electron chi connectivity index (χ0n) is 20.8. The van der Waals surface area contributed by atoms with Crippen molar-refractivity contribution in [2.24, 2.45) is 0 Å². The number of aromatic nitrogens is 4. The molecule has 2 heterocycles. The van der Waals surface area contributed by atoms with Gasteiger partial charge in [-0.05, 0) is 52.3 Å². The lowest BCUT2D eigenvalue weighted by atomic mass is 9.94. The van der Waals surface area contributed by atoms with Crippen molar-refractivity contribution in [1.29, 1.82) is 0 Å². The summed E-state index contributed by atoms with van der Waals surface area (Å²) < 4.78 is 3.12. The molecule has 1 saturated carbocycles. The molecule has 2 aromatic heterocycles. The van der Waals surface area contributed by atoms with Crippen LogP contribution in [-0.2, 0) is 4.79 Å². The second-order valence-electron chi connectivity index (χ2n) is 9.38. The van der Waals surface area contributed by atoms with Gasteiger partial charge in [-0.2, -0.15) is 10.2 Å².